The summed E-state index contributed by atoms with van der Waals surface area (Å²) in [5.74, 6) is 0. The molecule has 2 aromatic rings. The van der Waals surface area contributed by atoms with Gasteiger partial charge in [0, 0.05) is 0 Å². The van der Waals surface area contributed by atoms with E-state index in [1.54, 1.807) is 0 Å². The Morgan fingerprint density at radius 1 is 0.867 bits per heavy atom. The quantitative estimate of drug-likeness (QED) is 0.729. The minimum Gasteiger partial charge on any atom is -0.392 e. The minimum absolute atomic E-state index is 0.149. The molecule has 0 saturated carbocycles. The van der Waals surface area contributed by atoms with Crippen molar-refractivity contribution in [3.8, 4) is 0 Å². The fourth-order valence-corrected chi connectivity index (χ4v) is 3.36. The first kappa shape index (κ1) is 10.1. The molecule has 2 heteroatoms. The van der Waals surface area contributed by atoms with Crippen molar-refractivity contribution in [1.82, 2.24) is 0 Å². The highest BCUT2D eigenvalue weighted by atomic mass is 28.2. The molecule has 0 amide bonds. The maximum Gasteiger partial charge on any atom is 0.0879 e. The Bertz CT molecular complexity index is 426. The fourth-order valence-electron chi connectivity index (χ4n) is 1.70. The Morgan fingerprint density at radius 2 is 1.53 bits per heavy atom. The molecule has 1 N–H and O–H groups in total. The first-order valence-corrected chi connectivity index (χ1v) is 6.53. The smallest absolute Gasteiger partial charge is 0.0879 e. The van der Waals surface area contributed by atoms with Crippen molar-refractivity contribution < 1.29 is 5.11 Å². The predicted octanol–water partition coefficient (Wildman–Crippen LogP) is 0.299. The summed E-state index contributed by atoms with van der Waals surface area (Å²) in [6.07, 6.45) is 0. The molecule has 0 fully saturated rings. The van der Waals surface area contributed by atoms with Crippen LogP contribution in [-0.4, -0.2) is 14.6 Å². The second-order valence-corrected chi connectivity index (χ2v) is 5.52. The van der Waals surface area contributed by atoms with Crippen molar-refractivity contribution in [1.29, 1.82) is 0 Å². The van der Waals surface area contributed by atoms with Gasteiger partial charge in [-0.25, -0.2) is 0 Å². The van der Waals surface area contributed by atoms with Crippen LogP contribution in [0.4, 0.5) is 0 Å². The van der Waals surface area contributed by atoms with E-state index in [0.29, 0.717) is 0 Å². The van der Waals surface area contributed by atoms with E-state index in [9.17, 15) is 5.11 Å². The third-order valence-electron chi connectivity index (χ3n) is 2.53. The predicted molar refractivity (Wildman–Crippen MR) is 66.6 cm³/mol. The Labute approximate surface area is 92.2 Å². The molecule has 76 valence electrons. The van der Waals surface area contributed by atoms with Crippen LogP contribution in [0.15, 0.2) is 54.6 Å². The minimum atomic E-state index is -0.434. The van der Waals surface area contributed by atoms with Gasteiger partial charge in [0.05, 0.1) is 16.1 Å². The van der Waals surface area contributed by atoms with Crippen LogP contribution in [0.1, 0.15) is 5.56 Å². The summed E-state index contributed by atoms with van der Waals surface area (Å²) in [6, 6.07) is 18.7. The van der Waals surface area contributed by atoms with Crippen molar-refractivity contribution in [2.24, 2.45) is 0 Å². The summed E-state index contributed by atoms with van der Waals surface area (Å²) in [4.78, 5) is 0. The van der Waals surface area contributed by atoms with Gasteiger partial charge in [0.15, 0.2) is 0 Å². The molecule has 0 unspecified atom stereocenters. The molecule has 0 radical (unpaired) electrons. The van der Waals surface area contributed by atoms with E-state index in [1.165, 1.54) is 10.4 Å². The standard InChI is InChI=1S/C13H14OSi/c14-10-11-6-4-5-9-13(11)15-12-7-2-1-3-8-12/h1-9,14H,10,15H2. The third-order valence-corrected chi connectivity index (χ3v) is 4.48. The van der Waals surface area contributed by atoms with Crippen molar-refractivity contribution in [3.05, 3.63) is 60.2 Å². The van der Waals surface area contributed by atoms with Gasteiger partial charge in [-0.15, -0.1) is 0 Å². The van der Waals surface area contributed by atoms with Gasteiger partial charge in [0.2, 0.25) is 0 Å². The van der Waals surface area contributed by atoms with E-state index in [-0.39, 0.29) is 6.61 Å². The molecular formula is C13H14OSi. The van der Waals surface area contributed by atoms with Crippen molar-refractivity contribution in [2.45, 2.75) is 6.61 Å². The monoisotopic (exact) mass is 214 g/mol. The zero-order chi connectivity index (χ0) is 10.5. The Kier molecular flexibility index (Phi) is 3.32. The summed E-state index contributed by atoms with van der Waals surface area (Å²) in [7, 11) is -0.434. The lowest BCUT2D eigenvalue weighted by atomic mass is 10.2. The number of aliphatic hydroxyl groups excluding tert-OH is 1. The lowest BCUT2D eigenvalue weighted by Gasteiger charge is -2.06. The molecule has 0 aliphatic rings. The molecule has 0 spiro atoms. The maximum absolute atomic E-state index is 9.22. The normalized spacial score (nSPS) is 11.0. The van der Waals surface area contributed by atoms with Crippen LogP contribution in [0.3, 0.4) is 0 Å². The topological polar surface area (TPSA) is 20.2 Å². The average molecular weight is 214 g/mol. The molecule has 0 aromatic heterocycles. The van der Waals surface area contributed by atoms with Gasteiger partial charge in [-0.1, -0.05) is 65.0 Å². The largest absolute Gasteiger partial charge is 0.392 e. The fraction of sp³-hybridized carbons (Fsp3) is 0.0769. The molecule has 0 atom stereocenters. The van der Waals surface area contributed by atoms with Crippen LogP contribution < -0.4 is 10.4 Å². The zero-order valence-corrected chi connectivity index (χ0v) is 9.97. The molecule has 15 heavy (non-hydrogen) atoms. The first-order chi connectivity index (χ1) is 7.40. The molecule has 0 aliphatic carbocycles. The summed E-state index contributed by atoms with van der Waals surface area (Å²) >= 11 is 0. The molecule has 0 aliphatic heterocycles. The first-order valence-electron chi connectivity index (χ1n) is 5.11. The van der Waals surface area contributed by atoms with E-state index in [1.807, 2.05) is 24.3 Å². The molecule has 2 aromatic carbocycles. The number of rotatable bonds is 3. The highest BCUT2D eigenvalue weighted by Gasteiger charge is 2.01. The highest BCUT2D eigenvalue weighted by Crippen LogP contribution is 1.95. The Balaban J connectivity index is 2.24. The Morgan fingerprint density at radius 3 is 2.27 bits per heavy atom. The van der Waals surface area contributed by atoms with Crippen LogP contribution in [0.5, 0.6) is 0 Å². The molecule has 0 heterocycles. The molecule has 0 saturated heterocycles. The van der Waals surface area contributed by atoms with Crippen LogP contribution in [-0.2, 0) is 6.61 Å². The van der Waals surface area contributed by atoms with Crippen LogP contribution >= 0.6 is 0 Å². The van der Waals surface area contributed by atoms with E-state index in [2.05, 4.69) is 30.3 Å². The summed E-state index contributed by atoms with van der Waals surface area (Å²) in [6.45, 7) is 0.149. The lowest BCUT2D eigenvalue weighted by molar-refractivity contribution is 0.283. The van der Waals surface area contributed by atoms with Crippen LogP contribution in [0.2, 0.25) is 0 Å². The third kappa shape index (κ3) is 2.55. The molecule has 0 bridgehead atoms. The number of aliphatic hydroxyl groups is 1. The van der Waals surface area contributed by atoms with Crippen LogP contribution in [0, 0.1) is 0 Å². The van der Waals surface area contributed by atoms with Gasteiger partial charge in [-0.05, 0) is 5.56 Å². The Hall–Kier alpha value is -1.38. The summed E-state index contributed by atoms with van der Waals surface area (Å²) < 4.78 is 0. The van der Waals surface area contributed by atoms with Crippen molar-refractivity contribution >= 4 is 19.9 Å². The van der Waals surface area contributed by atoms with Gasteiger partial charge in [0.1, 0.15) is 0 Å². The van der Waals surface area contributed by atoms with E-state index >= 15 is 0 Å². The second-order valence-electron chi connectivity index (χ2n) is 3.59. The molecule has 2 rings (SSSR count). The van der Waals surface area contributed by atoms with Gasteiger partial charge < -0.3 is 5.11 Å². The number of hydrogen-bond donors (Lipinski definition) is 1. The lowest BCUT2D eigenvalue weighted by Crippen LogP contribution is -2.29. The molecule has 1 nitrogen and oxygen atoms in total. The summed E-state index contributed by atoms with van der Waals surface area (Å²) in [5, 5.41) is 12.0. The SMILES string of the molecule is OCc1ccccc1[SiH2]c1ccccc1. The van der Waals surface area contributed by atoms with E-state index < -0.39 is 9.52 Å². The van der Waals surface area contributed by atoms with Gasteiger partial charge in [-0.3, -0.25) is 0 Å². The van der Waals surface area contributed by atoms with Gasteiger partial charge in [-0.2, -0.15) is 0 Å². The van der Waals surface area contributed by atoms with Crippen molar-refractivity contribution in [3.63, 3.8) is 0 Å². The zero-order valence-electron chi connectivity index (χ0n) is 8.56. The number of benzene rings is 2. The number of hydrogen-bond acceptors (Lipinski definition) is 1. The van der Waals surface area contributed by atoms with Crippen LogP contribution in [0.25, 0.3) is 0 Å². The van der Waals surface area contributed by atoms with Gasteiger partial charge >= 0.3 is 0 Å². The van der Waals surface area contributed by atoms with Crippen molar-refractivity contribution in [2.75, 3.05) is 0 Å². The second kappa shape index (κ2) is 4.91. The van der Waals surface area contributed by atoms with Gasteiger partial charge in [0.25, 0.3) is 0 Å². The highest BCUT2D eigenvalue weighted by molar-refractivity contribution is 6.67. The average Bonchev–Trinajstić information content (AvgIpc) is 2.31. The van der Waals surface area contributed by atoms with E-state index in [4.69, 9.17) is 0 Å². The van der Waals surface area contributed by atoms with E-state index in [0.717, 1.165) is 5.56 Å². The maximum atomic E-state index is 9.22. The molecular weight excluding hydrogens is 200 g/mol. The summed E-state index contributed by atoms with van der Waals surface area (Å²) in [5.41, 5.74) is 1.08.